The van der Waals surface area contributed by atoms with Gasteiger partial charge in [-0.05, 0) is 5.56 Å². The molecule has 0 spiro atoms. The van der Waals surface area contributed by atoms with Gasteiger partial charge in [-0.25, -0.2) is 13.4 Å². The fourth-order valence-electron chi connectivity index (χ4n) is 1.43. The number of hydrogen-bond donors (Lipinski definition) is 0. The average molecular weight is 281 g/mol. The molecule has 0 atom stereocenters. The standard InChI is InChI=1S/C12H11NO3S2/c1-9(14)12-13-7-11(17-12)18(15,16)8-10-5-3-2-4-6-10/h2-7H,8H2,1H3. The van der Waals surface area contributed by atoms with Crippen LogP contribution >= 0.6 is 11.3 Å². The van der Waals surface area contributed by atoms with Crippen molar-refractivity contribution in [2.24, 2.45) is 0 Å². The number of aromatic nitrogens is 1. The smallest absolute Gasteiger partial charge is 0.193 e. The van der Waals surface area contributed by atoms with Gasteiger partial charge in [0.2, 0.25) is 0 Å². The SMILES string of the molecule is CC(=O)c1ncc(S(=O)(=O)Cc2ccccc2)s1. The number of benzene rings is 1. The summed E-state index contributed by atoms with van der Waals surface area (Å²) in [5.74, 6) is -0.297. The average Bonchev–Trinajstić information content (AvgIpc) is 2.79. The number of sulfone groups is 1. The molecule has 18 heavy (non-hydrogen) atoms. The largest absolute Gasteiger partial charge is 0.292 e. The van der Waals surface area contributed by atoms with Crippen LogP contribution in [0.5, 0.6) is 0 Å². The van der Waals surface area contributed by atoms with Crippen molar-refractivity contribution in [2.45, 2.75) is 16.9 Å². The van der Waals surface area contributed by atoms with E-state index in [9.17, 15) is 13.2 Å². The molecule has 1 heterocycles. The molecule has 0 N–H and O–H groups in total. The van der Waals surface area contributed by atoms with E-state index in [-0.39, 0.29) is 20.8 Å². The first-order valence-corrected chi connectivity index (χ1v) is 7.69. The van der Waals surface area contributed by atoms with Crippen LogP contribution in [0.15, 0.2) is 40.7 Å². The van der Waals surface area contributed by atoms with Crippen molar-refractivity contribution in [1.82, 2.24) is 4.98 Å². The molecule has 1 aromatic heterocycles. The third-order valence-electron chi connectivity index (χ3n) is 2.29. The van der Waals surface area contributed by atoms with E-state index in [0.717, 1.165) is 16.9 Å². The molecule has 4 nitrogen and oxygen atoms in total. The van der Waals surface area contributed by atoms with Gasteiger partial charge in [0.25, 0.3) is 0 Å². The van der Waals surface area contributed by atoms with Crippen LogP contribution in [0.2, 0.25) is 0 Å². The number of rotatable bonds is 4. The Morgan fingerprint density at radius 1 is 1.28 bits per heavy atom. The van der Waals surface area contributed by atoms with E-state index < -0.39 is 9.84 Å². The molecule has 0 aliphatic carbocycles. The van der Waals surface area contributed by atoms with Crippen molar-refractivity contribution < 1.29 is 13.2 Å². The summed E-state index contributed by atoms with van der Waals surface area (Å²) in [5, 5.41) is 0.224. The fraction of sp³-hybridized carbons (Fsp3) is 0.167. The summed E-state index contributed by atoms with van der Waals surface area (Å²) < 4.78 is 24.3. The predicted octanol–water partition coefficient (Wildman–Crippen LogP) is 2.32. The number of carbonyl (C=O) groups excluding carboxylic acids is 1. The van der Waals surface area contributed by atoms with Gasteiger partial charge in [0.1, 0.15) is 4.21 Å². The lowest BCUT2D eigenvalue weighted by molar-refractivity contribution is 0.101. The maximum atomic E-state index is 12.1. The summed E-state index contributed by atoms with van der Waals surface area (Å²) in [7, 11) is -3.42. The van der Waals surface area contributed by atoms with Crippen molar-refractivity contribution >= 4 is 27.0 Å². The van der Waals surface area contributed by atoms with Crippen molar-refractivity contribution in [3.8, 4) is 0 Å². The minimum Gasteiger partial charge on any atom is -0.292 e. The highest BCUT2D eigenvalue weighted by atomic mass is 32.2. The molecule has 0 unspecified atom stereocenters. The molecule has 0 amide bonds. The lowest BCUT2D eigenvalue weighted by Crippen LogP contribution is -2.02. The van der Waals surface area contributed by atoms with E-state index in [4.69, 9.17) is 0 Å². The molecule has 0 aliphatic heterocycles. The molecule has 2 rings (SSSR count). The summed E-state index contributed by atoms with van der Waals surface area (Å²) in [6, 6.07) is 8.92. The van der Waals surface area contributed by atoms with Gasteiger partial charge in [-0.15, -0.1) is 0 Å². The van der Waals surface area contributed by atoms with Crippen LogP contribution < -0.4 is 0 Å². The Balaban J connectivity index is 2.28. The molecular weight excluding hydrogens is 270 g/mol. The fourth-order valence-corrected chi connectivity index (χ4v) is 3.88. The summed E-state index contributed by atoms with van der Waals surface area (Å²) >= 11 is 0.919. The van der Waals surface area contributed by atoms with Crippen molar-refractivity contribution in [3.63, 3.8) is 0 Å². The lowest BCUT2D eigenvalue weighted by Gasteiger charge is -2.00. The minimum absolute atomic E-state index is 0.0760. The molecule has 0 radical (unpaired) electrons. The van der Waals surface area contributed by atoms with E-state index in [1.54, 1.807) is 24.3 Å². The van der Waals surface area contributed by atoms with Crippen LogP contribution in [0.4, 0.5) is 0 Å². The van der Waals surface area contributed by atoms with Crippen LogP contribution in [0.25, 0.3) is 0 Å². The van der Waals surface area contributed by atoms with Crippen LogP contribution in [0.3, 0.4) is 0 Å². The maximum Gasteiger partial charge on any atom is 0.193 e. The Kier molecular flexibility index (Phi) is 3.58. The Bertz CT molecular complexity index is 660. The zero-order chi connectivity index (χ0) is 13.2. The highest BCUT2D eigenvalue weighted by Crippen LogP contribution is 2.23. The van der Waals surface area contributed by atoms with E-state index in [2.05, 4.69) is 4.98 Å². The summed E-state index contributed by atoms with van der Waals surface area (Å²) in [5.41, 5.74) is 0.718. The molecule has 1 aromatic carbocycles. The van der Waals surface area contributed by atoms with Crippen LogP contribution in [-0.2, 0) is 15.6 Å². The van der Waals surface area contributed by atoms with E-state index in [0.29, 0.717) is 0 Å². The third-order valence-corrected chi connectivity index (χ3v) is 5.63. The van der Waals surface area contributed by atoms with Gasteiger partial charge in [0.15, 0.2) is 20.6 Å². The highest BCUT2D eigenvalue weighted by molar-refractivity contribution is 7.92. The topological polar surface area (TPSA) is 64.1 Å². The molecule has 0 bridgehead atoms. The quantitative estimate of drug-likeness (QED) is 0.807. The van der Waals surface area contributed by atoms with E-state index in [1.807, 2.05) is 6.07 Å². The molecule has 94 valence electrons. The first-order valence-electron chi connectivity index (χ1n) is 5.22. The molecule has 0 fully saturated rings. The molecule has 2 aromatic rings. The lowest BCUT2D eigenvalue weighted by atomic mass is 10.2. The van der Waals surface area contributed by atoms with Gasteiger partial charge in [0, 0.05) is 6.92 Å². The third kappa shape index (κ3) is 2.83. The second kappa shape index (κ2) is 4.99. The second-order valence-electron chi connectivity index (χ2n) is 3.79. The monoisotopic (exact) mass is 281 g/mol. The van der Waals surface area contributed by atoms with E-state index in [1.165, 1.54) is 13.1 Å². The van der Waals surface area contributed by atoms with Gasteiger partial charge in [-0.2, -0.15) is 0 Å². The first-order chi connectivity index (χ1) is 8.49. The number of nitrogens with zero attached hydrogens (tertiary/aromatic N) is 1. The van der Waals surface area contributed by atoms with Gasteiger partial charge in [0.05, 0.1) is 11.9 Å². The number of ketones is 1. The minimum atomic E-state index is -3.42. The number of hydrogen-bond acceptors (Lipinski definition) is 5. The Hall–Kier alpha value is -1.53. The van der Waals surface area contributed by atoms with Crippen molar-refractivity contribution in [2.75, 3.05) is 0 Å². The maximum absolute atomic E-state index is 12.1. The van der Waals surface area contributed by atoms with Crippen molar-refractivity contribution in [3.05, 3.63) is 47.1 Å². The Morgan fingerprint density at radius 3 is 2.50 bits per heavy atom. The summed E-state index contributed by atoms with van der Waals surface area (Å²) in [6.07, 6.45) is 1.25. The molecule has 6 heteroatoms. The van der Waals surface area contributed by atoms with Crippen molar-refractivity contribution in [1.29, 1.82) is 0 Å². The normalized spacial score (nSPS) is 11.4. The first kappa shape index (κ1) is 12.9. The van der Waals surface area contributed by atoms with Gasteiger partial charge in [-0.1, -0.05) is 41.7 Å². The van der Waals surface area contributed by atoms with Gasteiger partial charge >= 0.3 is 0 Å². The molecule has 0 saturated heterocycles. The number of carbonyl (C=O) groups is 1. The molecule has 0 aliphatic rings. The van der Waals surface area contributed by atoms with Crippen LogP contribution in [-0.4, -0.2) is 19.2 Å². The Morgan fingerprint density at radius 2 is 1.94 bits per heavy atom. The highest BCUT2D eigenvalue weighted by Gasteiger charge is 2.19. The number of thiazole rings is 1. The summed E-state index contributed by atoms with van der Waals surface area (Å²) in [6.45, 7) is 1.37. The number of Topliss-reactive ketones (excluding diaryl/α,β-unsaturated/α-hetero) is 1. The van der Waals surface area contributed by atoms with Gasteiger partial charge in [-0.3, -0.25) is 4.79 Å². The predicted molar refractivity (Wildman–Crippen MR) is 69.5 cm³/mol. The van der Waals surface area contributed by atoms with E-state index >= 15 is 0 Å². The van der Waals surface area contributed by atoms with Crippen LogP contribution in [0.1, 0.15) is 22.3 Å². The summed E-state index contributed by atoms with van der Waals surface area (Å²) in [4.78, 5) is 14.9. The molecular formula is C12H11NO3S2. The zero-order valence-corrected chi connectivity index (χ0v) is 11.3. The second-order valence-corrected chi connectivity index (χ2v) is 7.03. The van der Waals surface area contributed by atoms with Gasteiger partial charge < -0.3 is 0 Å². The molecule has 0 saturated carbocycles. The van der Waals surface area contributed by atoms with Crippen LogP contribution in [0, 0.1) is 0 Å². The Labute approximate surface area is 109 Å². The zero-order valence-electron chi connectivity index (χ0n) is 9.66.